The Bertz CT molecular complexity index is 222. The summed E-state index contributed by atoms with van der Waals surface area (Å²) in [5.74, 6) is 1.31. The number of hydrogen-bond acceptors (Lipinski definition) is 2. The summed E-state index contributed by atoms with van der Waals surface area (Å²) in [6.07, 6.45) is 5.98. The molecule has 1 aliphatic rings. The van der Waals surface area contributed by atoms with E-state index in [1.807, 2.05) is 11.9 Å². The molecule has 0 bridgehead atoms. The Hall–Kier alpha value is -0.570. The van der Waals surface area contributed by atoms with Gasteiger partial charge in [0.2, 0.25) is 5.91 Å². The van der Waals surface area contributed by atoms with E-state index < -0.39 is 0 Å². The van der Waals surface area contributed by atoms with Crippen molar-refractivity contribution in [3.05, 3.63) is 0 Å². The average Bonchev–Trinajstić information content (AvgIpc) is 2.68. The molecule has 0 aromatic carbocycles. The molecule has 0 aromatic heterocycles. The molecule has 0 spiro atoms. The van der Waals surface area contributed by atoms with Crippen LogP contribution in [-0.2, 0) is 4.79 Å². The Morgan fingerprint density at radius 3 is 2.44 bits per heavy atom. The summed E-state index contributed by atoms with van der Waals surface area (Å²) in [5, 5.41) is 0. The summed E-state index contributed by atoms with van der Waals surface area (Å²) in [5.41, 5.74) is 5.90. The van der Waals surface area contributed by atoms with Gasteiger partial charge in [-0.15, -0.1) is 0 Å². The number of carbonyl (C=O) groups excluding carboxylic acids is 1. The third-order valence-corrected chi connectivity index (χ3v) is 3.43. The maximum Gasteiger partial charge on any atom is 0.239 e. The van der Waals surface area contributed by atoms with Gasteiger partial charge in [0, 0.05) is 13.6 Å². The third kappa shape index (κ3) is 4.12. The second kappa shape index (κ2) is 6.24. The Morgan fingerprint density at radius 2 is 1.94 bits per heavy atom. The standard InChI is InChI=1S/C13H26N2O/c1-10(2)8-12(14)13(16)15(3)9-11-6-4-5-7-11/h10-12H,4-9,14H2,1-3H3. The normalized spacial score (nSPS) is 19.1. The molecule has 0 aliphatic heterocycles. The van der Waals surface area contributed by atoms with E-state index in [0.717, 1.165) is 13.0 Å². The highest BCUT2D eigenvalue weighted by molar-refractivity contribution is 5.81. The third-order valence-electron chi connectivity index (χ3n) is 3.43. The van der Waals surface area contributed by atoms with Crippen molar-refractivity contribution < 1.29 is 4.79 Å². The highest BCUT2D eigenvalue weighted by atomic mass is 16.2. The molecule has 3 heteroatoms. The van der Waals surface area contributed by atoms with Crippen molar-refractivity contribution >= 4 is 5.91 Å². The summed E-state index contributed by atoms with van der Waals surface area (Å²) in [7, 11) is 1.89. The van der Waals surface area contributed by atoms with Crippen molar-refractivity contribution in [1.29, 1.82) is 0 Å². The SMILES string of the molecule is CC(C)CC(N)C(=O)N(C)CC1CCCC1. The Morgan fingerprint density at radius 1 is 1.38 bits per heavy atom. The van der Waals surface area contributed by atoms with Crippen LogP contribution in [0.15, 0.2) is 0 Å². The minimum atomic E-state index is -0.314. The molecule has 0 aromatic rings. The fourth-order valence-corrected chi connectivity index (χ4v) is 2.56. The minimum absolute atomic E-state index is 0.112. The van der Waals surface area contributed by atoms with Crippen molar-refractivity contribution in [1.82, 2.24) is 4.90 Å². The lowest BCUT2D eigenvalue weighted by atomic mass is 10.0. The van der Waals surface area contributed by atoms with Crippen molar-refractivity contribution in [3.8, 4) is 0 Å². The van der Waals surface area contributed by atoms with Crippen LogP contribution in [0.25, 0.3) is 0 Å². The molecule has 1 atom stereocenters. The molecule has 1 amide bonds. The van der Waals surface area contributed by atoms with Crippen LogP contribution in [0.4, 0.5) is 0 Å². The zero-order valence-electron chi connectivity index (χ0n) is 10.9. The van der Waals surface area contributed by atoms with Gasteiger partial charge in [0.1, 0.15) is 0 Å². The number of likely N-dealkylation sites (N-methyl/N-ethyl adjacent to an activating group) is 1. The van der Waals surface area contributed by atoms with E-state index in [1.165, 1.54) is 25.7 Å². The van der Waals surface area contributed by atoms with Gasteiger partial charge >= 0.3 is 0 Å². The van der Waals surface area contributed by atoms with E-state index >= 15 is 0 Å². The fourth-order valence-electron chi connectivity index (χ4n) is 2.56. The summed E-state index contributed by atoms with van der Waals surface area (Å²) in [4.78, 5) is 13.8. The molecule has 94 valence electrons. The number of rotatable bonds is 5. The average molecular weight is 226 g/mol. The van der Waals surface area contributed by atoms with E-state index in [2.05, 4.69) is 13.8 Å². The summed E-state index contributed by atoms with van der Waals surface area (Å²) < 4.78 is 0. The van der Waals surface area contributed by atoms with E-state index in [1.54, 1.807) is 0 Å². The maximum atomic E-state index is 12.0. The molecule has 0 saturated heterocycles. The number of amides is 1. The van der Waals surface area contributed by atoms with Crippen LogP contribution >= 0.6 is 0 Å². The number of hydrogen-bond donors (Lipinski definition) is 1. The quantitative estimate of drug-likeness (QED) is 0.779. The highest BCUT2D eigenvalue weighted by Gasteiger charge is 2.23. The maximum absolute atomic E-state index is 12.0. The van der Waals surface area contributed by atoms with Crippen LogP contribution in [-0.4, -0.2) is 30.4 Å². The first-order valence-electron chi connectivity index (χ1n) is 6.51. The van der Waals surface area contributed by atoms with Crippen LogP contribution in [0.5, 0.6) is 0 Å². The van der Waals surface area contributed by atoms with Gasteiger partial charge in [0.15, 0.2) is 0 Å². The van der Waals surface area contributed by atoms with Gasteiger partial charge in [-0.3, -0.25) is 4.79 Å². The van der Waals surface area contributed by atoms with Crippen LogP contribution in [0.3, 0.4) is 0 Å². The molecular formula is C13H26N2O. The lowest BCUT2D eigenvalue weighted by Gasteiger charge is -2.24. The Labute approximate surface area is 99.4 Å². The van der Waals surface area contributed by atoms with E-state index in [4.69, 9.17) is 5.73 Å². The summed E-state index contributed by atoms with van der Waals surface area (Å²) in [6, 6.07) is -0.314. The monoisotopic (exact) mass is 226 g/mol. The van der Waals surface area contributed by atoms with E-state index in [-0.39, 0.29) is 11.9 Å². The number of nitrogens with two attached hydrogens (primary N) is 1. The molecule has 3 nitrogen and oxygen atoms in total. The molecule has 0 radical (unpaired) electrons. The molecule has 0 heterocycles. The van der Waals surface area contributed by atoms with Crippen molar-refractivity contribution in [2.75, 3.05) is 13.6 Å². The second-order valence-corrected chi connectivity index (χ2v) is 5.61. The lowest BCUT2D eigenvalue weighted by Crippen LogP contribution is -2.44. The number of carbonyl (C=O) groups is 1. The van der Waals surface area contributed by atoms with Gasteiger partial charge in [-0.1, -0.05) is 26.7 Å². The first-order chi connectivity index (χ1) is 7.50. The first-order valence-corrected chi connectivity index (χ1v) is 6.51. The van der Waals surface area contributed by atoms with E-state index in [0.29, 0.717) is 11.8 Å². The van der Waals surface area contributed by atoms with Gasteiger partial charge < -0.3 is 10.6 Å². The zero-order valence-corrected chi connectivity index (χ0v) is 10.9. The topological polar surface area (TPSA) is 46.3 Å². The molecule has 1 fully saturated rings. The van der Waals surface area contributed by atoms with Gasteiger partial charge in [-0.05, 0) is 31.1 Å². The second-order valence-electron chi connectivity index (χ2n) is 5.61. The van der Waals surface area contributed by atoms with Gasteiger partial charge in [0.25, 0.3) is 0 Å². The fraction of sp³-hybridized carbons (Fsp3) is 0.923. The Kier molecular flexibility index (Phi) is 5.26. The van der Waals surface area contributed by atoms with Gasteiger partial charge in [0.05, 0.1) is 6.04 Å². The molecule has 16 heavy (non-hydrogen) atoms. The largest absolute Gasteiger partial charge is 0.344 e. The molecule has 2 N–H and O–H groups in total. The van der Waals surface area contributed by atoms with Crippen molar-refractivity contribution in [3.63, 3.8) is 0 Å². The van der Waals surface area contributed by atoms with Gasteiger partial charge in [-0.25, -0.2) is 0 Å². The van der Waals surface area contributed by atoms with Gasteiger partial charge in [-0.2, -0.15) is 0 Å². The molecule has 1 rings (SSSR count). The first kappa shape index (κ1) is 13.5. The zero-order chi connectivity index (χ0) is 12.1. The highest BCUT2D eigenvalue weighted by Crippen LogP contribution is 2.25. The van der Waals surface area contributed by atoms with Crippen LogP contribution in [0.1, 0.15) is 46.0 Å². The summed E-state index contributed by atoms with van der Waals surface area (Å²) in [6.45, 7) is 5.10. The molecular weight excluding hydrogens is 200 g/mol. The van der Waals surface area contributed by atoms with Crippen molar-refractivity contribution in [2.45, 2.75) is 52.0 Å². The molecule has 1 aliphatic carbocycles. The summed E-state index contributed by atoms with van der Waals surface area (Å²) >= 11 is 0. The van der Waals surface area contributed by atoms with Crippen LogP contribution < -0.4 is 5.73 Å². The molecule has 1 saturated carbocycles. The van der Waals surface area contributed by atoms with E-state index in [9.17, 15) is 4.79 Å². The van der Waals surface area contributed by atoms with Crippen LogP contribution in [0.2, 0.25) is 0 Å². The van der Waals surface area contributed by atoms with Crippen LogP contribution in [0, 0.1) is 11.8 Å². The predicted octanol–water partition coefficient (Wildman–Crippen LogP) is 2.01. The smallest absolute Gasteiger partial charge is 0.239 e. The number of nitrogens with zero attached hydrogens (tertiary/aromatic N) is 1. The predicted molar refractivity (Wildman–Crippen MR) is 67.0 cm³/mol. The molecule has 1 unspecified atom stereocenters. The lowest BCUT2D eigenvalue weighted by molar-refractivity contribution is -0.132. The van der Waals surface area contributed by atoms with Crippen molar-refractivity contribution in [2.24, 2.45) is 17.6 Å². The minimum Gasteiger partial charge on any atom is -0.344 e. The Balaban J connectivity index is 2.33.